The molecule has 5 nitrogen and oxygen atoms in total. The predicted octanol–water partition coefficient (Wildman–Crippen LogP) is 1.14. The monoisotopic (exact) mass is 307 g/mol. The average molecular weight is 307 g/mol. The predicted molar refractivity (Wildman–Crippen MR) is 85.2 cm³/mol. The van der Waals surface area contributed by atoms with E-state index < -0.39 is 0 Å². The number of rotatable bonds is 5. The van der Waals surface area contributed by atoms with Gasteiger partial charge in [0, 0.05) is 25.6 Å². The lowest BCUT2D eigenvalue weighted by Crippen LogP contribution is -2.47. The van der Waals surface area contributed by atoms with Crippen molar-refractivity contribution in [3.05, 3.63) is 0 Å². The fourth-order valence-electron chi connectivity index (χ4n) is 3.79. The molecule has 2 N–H and O–H groups in total. The first-order valence-corrected chi connectivity index (χ1v) is 8.95. The van der Waals surface area contributed by atoms with Gasteiger partial charge in [-0.3, -0.25) is 9.59 Å². The maximum Gasteiger partial charge on any atom is 0.237 e. The summed E-state index contributed by atoms with van der Waals surface area (Å²) in [4.78, 5) is 26.6. The molecule has 3 atom stereocenters. The van der Waals surface area contributed by atoms with E-state index in [2.05, 4.69) is 17.6 Å². The van der Waals surface area contributed by atoms with Crippen molar-refractivity contribution in [1.82, 2.24) is 15.5 Å². The molecular weight excluding hydrogens is 278 g/mol. The minimum atomic E-state index is -0.00351. The number of hydrogen-bond donors (Lipinski definition) is 2. The zero-order valence-corrected chi connectivity index (χ0v) is 13.6. The summed E-state index contributed by atoms with van der Waals surface area (Å²) in [7, 11) is 0. The van der Waals surface area contributed by atoms with E-state index in [0.717, 1.165) is 45.3 Å². The molecule has 3 aliphatic rings. The van der Waals surface area contributed by atoms with Gasteiger partial charge >= 0.3 is 0 Å². The molecule has 5 heteroatoms. The van der Waals surface area contributed by atoms with Gasteiger partial charge in [-0.2, -0.15) is 0 Å². The maximum absolute atomic E-state index is 12.5. The molecule has 2 amide bonds. The lowest BCUT2D eigenvalue weighted by molar-refractivity contribution is -0.137. The van der Waals surface area contributed by atoms with E-state index in [9.17, 15) is 9.59 Å². The smallest absolute Gasteiger partial charge is 0.237 e. The molecule has 2 heterocycles. The number of nitrogens with zero attached hydrogens (tertiary/aromatic N) is 1. The van der Waals surface area contributed by atoms with Crippen LogP contribution >= 0.6 is 0 Å². The molecule has 1 saturated carbocycles. The lowest BCUT2D eigenvalue weighted by Gasteiger charge is -2.34. The van der Waals surface area contributed by atoms with E-state index in [1.807, 2.05) is 4.90 Å². The van der Waals surface area contributed by atoms with Gasteiger partial charge in [-0.1, -0.05) is 6.92 Å². The number of hydrogen-bond acceptors (Lipinski definition) is 3. The maximum atomic E-state index is 12.5. The SMILES string of the molecule is C[C@H](C(=O)N1CCC[C@@H](CNC(=O)[C@@H]2CCCN2)C1)C1CC1. The third-order valence-electron chi connectivity index (χ3n) is 5.49. The van der Waals surface area contributed by atoms with Gasteiger partial charge in [-0.25, -0.2) is 0 Å². The number of nitrogens with one attached hydrogen (secondary N) is 2. The Morgan fingerprint density at radius 3 is 2.73 bits per heavy atom. The Kier molecular flexibility index (Phi) is 5.01. The zero-order valence-electron chi connectivity index (χ0n) is 13.6. The van der Waals surface area contributed by atoms with Crippen LogP contribution in [0.15, 0.2) is 0 Å². The van der Waals surface area contributed by atoms with Crippen molar-refractivity contribution in [1.29, 1.82) is 0 Å². The molecule has 2 saturated heterocycles. The number of piperidine rings is 1. The average Bonchev–Trinajstić information content (AvgIpc) is 3.25. The summed E-state index contributed by atoms with van der Waals surface area (Å²) in [5, 5.41) is 6.31. The molecule has 0 aromatic carbocycles. The van der Waals surface area contributed by atoms with E-state index in [1.165, 1.54) is 12.8 Å². The number of carbonyl (C=O) groups is 2. The van der Waals surface area contributed by atoms with Crippen LogP contribution in [0.25, 0.3) is 0 Å². The van der Waals surface area contributed by atoms with Crippen LogP contribution in [0.3, 0.4) is 0 Å². The Labute approximate surface area is 133 Å². The normalized spacial score (nSPS) is 30.1. The van der Waals surface area contributed by atoms with Gasteiger partial charge in [0.15, 0.2) is 0 Å². The molecule has 3 rings (SSSR count). The minimum Gasteiger partial charge on any atom is -0.354 e. The molecule has 1 aliphatic carbocycles. The number of amides is 2. The molecule has 0 aromatic rings. The molecule has 2 aliphatic heterocycles. The second kappa shape index (κ2) is 6.99. The van der Waals surface area contributed by atoms with Crippen LogP contribution in [0.4, 0.5) is 0 Å². The third-order valence-corrected chi connectivity index (χ3v) is 5.49. The summed E-state index contributed by atoms with van der Waals surface area (Å²) in [5.74, 6) is 1.69. The Balaban J connectivity index is 1.43. The number of carbonyl (C=O) groups excluding carboxylic acids is 2. The van der Waals surface area contributed by atoms with Gasteiger partial charge in [-0.15, -0.1) is 0 Å². The minimum absolute atomic E-state index is 0.00351. The van der Waals surface area contributed by atoms with Gasteiger partial charge in [0.1, 0.15) is 0 Å². The van der Waals surface area contributed by atoms with Crippen LogP contribution in [0, 0.1) is 17.8 Å². The fourth-order valence-corrected chi connectivity index (χ4v) is 3.79. The molecule has 0 radical (unpaired) electrons. The third kappa shape index (κ3) is 3.80. The molecule has 0 bridgehead atoms. The Morgan fingerprint density at radius 2 is 2.05 bits per heavy atom. The van der Waals surface area contributed by atoms with Crippen molar-refractivity contribution in [3.63, 3.8) is 0 Å². The van der Waals surface area contributed by atoms with Crippen molar-refractivity contribution >= 4 is 11.8 Å². The van der Waals surface area contributed by atoms with Crippen LogP contribution < -0.4 is 10.6 Å². The van der Waals surface area contributed by atoms with E-state index in [0.29, 0.717) is 24.3 Å². The Morgan fingerprint density at radius 1 is 1.23 bits per heavy atom. The first kappa shape index (κ1) is 15.8. The molecule has 0 aromatic heterocycles. The van der Waals surface area contributed by atoms with Gasteiger partial charge in [0.25, 0.3) is 0 Å². The van der Waals surface area contributed by atoms with Crippen LogP contribution in [-0.2, 0) is 9.59 Å². The van der Waals surface area contributed by atoms with Crippen molar-refractivity contribution in [2.45, 2.75) is 51.5 Å². The molecule has 0 spiro atoms. The first-order valence-electron chi connectivity index (χ1n) is 8.95. The van der Waals surface area contributed by atoms with Crippen LogP contribution in [0.5, 0.6) is 0 Å². The fraction of sp³-hybridized carbons (Fsp3) is 0.882. The summed E-state index contributed by atoms with van der Waals surface area (Å²) in [6, 6.07) is -0.00351. The standard InChI is InChI=1S/C17H29N3O2/c1-12(14-6-7-14)17(22)20-9-3-4-13(11-20)10-19-16(21)15-5-2-8-18-15/h12-15,18H,2-11H2,1H3,(H,19,21)/t12-,13-,15-/m0/s1. The highest BCUT2D eigenvalue weighted by molar-refractivity contribution is 5.82. The van der Waals surface area contributed by atoms with Gasteiger partial charge < -0.3 is 15.5 Å². The molecule has 0 unspecified atom stereocenters. The quantitative estimate of drug-likeness (QED) is 0.801. The van der Waals surface area contributed by atoms with Crippen molar-refractivity contribution in [2.24, 2.45) is 17.8 Å². The summed E-state index contributed by atoms with van der Waals surface area (Å²) >= 11 is 0. The summed E-state index contributed by atoms with van der Waals surface area (Å²) in [5.41, 5.74) is 0. The van der Waals surface area contributed by atoms with E-state index in [4.69, 9.17) is 0 Å². The van der Waals surface area contributed by atoms with Gasteiger partial charge in [-0.05, 0) is 56.9 Å². The van der Waals surface area contributed by atoms with E-state index in [-0.39, 0.29) is 17.9 Å². The first-order chi connectivity index (χ1) is 10.6. The van der Waals surface area contributed by atoms with Gasteiger partial charge in [0.05, 0.1) is 6.04 Å². The summed E-state index contributed by atoms with van der Waals surface area (Å²) < 4.78 is 0. The van der Waals surface area contributed by atoms with E-state index >= 15 is 0 Å². The van der Waals surface area contributed by atoms with Crippen LogP contribution in [-0.4, -0.2) is 48.9 Å². The molecule has 22 heavy (non-hydrogen) atoms. The van der Waals surface area contributed by atoms with Crippen molar-refractivity contribution in [2.75, 3.05) is 26.2 Å². The lowest BCUT2D eigenvalue weighted by atomic mass is 9.95. The summed E-state index contributed by atoms with van der Waals surface area (Å²) in [6.45, 7) is 5.44. The van der Waals surface area contributed by atoms with Crippen LogP contribution in [0.2, 0.25) is 0 Å². The highest BCUT2D eigenvalue weighted by Gasteiger charge is 2.36. The second-order valence-electron chi connectivity index (χ2n) is 7.31. The van der Waals surface area contributed by atoms with Crippen LogP contribution in [0.1, 0.15) is 45.4 Å². The van der Waals surface area contributed by atoms with Crippen molar-refractivity contribution < 1.29 is 9.59 Å². The van der Waals surface area contributed by atoms with Crippen molar-refractivity contribution in [3.8, 4) is 0 Å². The second-order valence-corrected chi connectivity index (χ2v) is 7.31. The largest absolute Gasteiger partial charge is 0.354 e. The Bertz CT molecular complexity index is 416. The number of likely N-dealkylation sites (tertiary alicyclic amines) is 1. The molecule has 3 fully saturated rings. The topological polar surface area (TPSA) is 61.4 Å². The zero-order chi connectivity index (χ0) is 15.5. The van der Waals surface area contributed by atoms with Gasteiger partial charge in [0.2, 0.25) is 11.8 Å². The van der Waals surface area contributed by atoms with E-state index in [1.54, 1.807) is 0 Å². The molecule has 124 valence electrons. The highest BCUT2D eigenvalue weighted by Crippen LogP contribution is 2.37. The highest BCUT2D eigenvalue weighted by atomic mass is 16.2. The summed E-state index contributed by atoms with van der Waals surface area (Å²) in [6.07, 6.45) is 6.64. The Hall–Kier alpha value is -1.10. The molecular formula is C17H29N3O2.